The van der Waals surface area contributed by atoms with Crippen molar-refractivity contribution in [3.8, 4) is 0 Å². The fraction of sp³-hybridized carbons (Fsp3) is 0.792. The number of fused-ring (bicyclic) bond motifs is 5. The molecular weight excluding hydrogens is 352 g/mol. The van der Waals surface area contributed by atoms with Crippen LogP contribution in [0.1, 0.15) is 59.3 Å². The first-order chi connectivity index (χ1) is 13.4. The normalized spacial score (nSPS) is 46.0. The molecule has 0 radical (unpaired) electrons. The highest BCUT2D eigenvalue weighted by atomic mass is 16.7. The zero-order valence-electron chi connectivity index (χ0n) is 17.8. The minimum absolute atomic E-state index is 0.0300. The Balaban J connectivity index is 1.64. The third kappa shape index (κ3) is 2.86. The van der Waals surface area contributed by atoms with Crippen LogP contribution < -0.4 is 0 Å². The lowest BCUT2D eigenvalue weighted by Gasteiger charge is -2.56. The molecule has 0 saturated heterocycles. The average Bonchev–Trinajstić information content (AvgIpc) is 3.04. The monoisotopic (exact) mass is 388 g/mol. The van der Waals surface area contributed by atoms with Crippen LogP contribution in [-0.2, 0) is 14.3 Å². The maximum absolute atomic E-state index is 11.5. The Morgan fingerprint density at radius 2 is 2.04 bits per heavy atom. The largest absolute Gasteiger partial charge is 0.392 e. The number of methoxy groups -OCH3 is 1. The zero-order chi connectivity index (χ0) is 20.1. The van der Waals surface area contributed by atoms with E-state index < -0.39 is 6.10 Å². The predicted molar refractivity (Wildman–Crippen MR) is 109 cm³/mol. The van der Waals surface area contributed by atoms with Crippen molar-refractivity contribution < 1.29 is 19.4 Å². The summed E-state index contributed by atoms with van der Waals surface area (Å²) in [5.41, 5.74) is 2.90. The number of hydrogen-bond donors (Lipinski definition) is 1. The van der Waals surface area contributed by atoms with Crippen molar-refractivity contribution in [2.75, 3.05) is 13.9 Å². The topological polar surface area (TPSA) is 55.8 Å². The van der Waals surface area contributed by atoms with E-state index in [1.54, 1.807) is 7.11 Å². The van der Waals surface area contributed by atoms with Gasteiger partial charge in [-0.15, -0.1) is 0 Å². The van der Waals surface area contributed by atoms with Crippen LogP contribution in [0.4, 0.5) is 0 Å². The van der Waals surface area contributed by atoms with Gasteiger partial charge in [0.2, 0.25) is 0 Å². The smallest absolute Gasteiger partial charge is 0.146 e. The Morgan fingerprint density at radius 1 is 1.25 bits per heavy atom. The van der Waals surface area contributed by atoms with E-state index in [0.717, 1.165) is 32.0 Å². The molecule has 4 heteroatoms. The van der Waals surface area contributed by atoms with Crippen LogP contribution in [0.25, 0.3) is 0 Å². The molecule has 4 aliphatic rings. The van der Waals surface area contributed by atoms with Crippen molar-refractivity contribution in [2.24, 2.45) is 34.5 Å². The molecule has 8 atom stereocenters. The molecule has 0 aromatic carbocycles. The first-order valence-corrected chi connectivity index (χ1v) is 11.0. The highest BCUT2D eigenvalue weighted by Crippen LogP contribution is 2.65. The Hall–Kier alpha value is -0.970. The molecule has 1 unspecified atom stereocenters. The van der Waals surface area contributed by atoms with Crippen molar-refractivity contribution in [2.45, 2.75) is 71.5 Å². The lowest BCUT2D eigenvalue weighted by molar-refractivity contribution is -0.118. The fourth-order valence-corrected chi connectivity index (χ4v) is 7.32. The molecule has 0 heterocycles. The number of rotatable bonds is 5. The summed E-state index contributed by atoms with van der Waals surface area (Å²) in [6.45, 7) is 7.07. The number of carbonyl (C=O) groups is 1. The van der Waals surface area contributed by atoms with Crippen molar-refractivity contribution in [1.29, 1.82) is 0 Å². The van der Waals surface area contributed by atoms with Gasteiger partial charge in [0.05, 0.1) is 12.2 Å². The Labute approximate surface area is 169 Å². The molecule has 0 spiro atoms. The van der Waals surface area contributed by atoms with Gasteiger partial charge in [-0.05, 0) is 55.3 Å². The van der Waals surface area contributed by atoms with Crippen molar-refractivity contribution >= 4 is 6.29 Å². The van der Waals surface area contributed by atoms with Crippen LogP contribution in [0.3, 0.4) is 0 Å². The Kier molecular flexibility index (Phi) is 5.35. The van der Waals surface area contributed by atoms with Crippen LogP contribution >= 0.6 is 0 Å². The van der Waals surface area contributed by atoms with Gasteiger partial charge in [0.1, 0.15) is 13.1 Å². The van der Waals surface area contributed by atoms with Gasteiger partial charge in [-0.3, -0.25) is 0 Å². The summed E-state index contributed by atoms with van der Waals surface area (Å²) in [6, 6.07) is 0. The molecule has 0 bridgehead atoms. The minimum atomic E-state index is -0.390. The molecule has 1 N–H and O–H groups in total. The number of aldehydes is 1. The molecule has 4 aliphatic carbocycles. The van der Waals surface area contributed by atoms with Gasteiger partial charge < -0.3 is 19.4 Å². The molecular formula is C24H36O4. The van der Waals surface area contributed by atoms with Gasteiger partial charge in [0.25, 0.3) is 0 Å². The second kappa shape index (κ2) is 7.37. The van der Waals surface area contributed by atoms with E-state index in [-0.39, 0.29) is 29.6 Å². The molecule has 0 amide bonds. The number of hydrogen-bond acceptors (Lipinski definition) is 4. The molecule has 3 saturated carbocycles. The first-order valence-electron chi connectivity index (χ1n) is 11.0. The van der Waals surface area contributed by atoms with E-state index in [1.165, 1.54) is 17.6 Å². The molecule has 3 fully saturated rings. The lowest BCUT2D eigenvalue weighted by Crippen LogP contribution is -2.52. The summed E-state index contributed by atoms with van der Waals surface area (Å²) in [5, 5.41) is 11.2. The number of ether oxygens (including phenoxy) is 2. The third-order valence-corrected chi connectivity index (χ3v) is 8.98. The summed E-state index contributed by atoms with van der Waals surface area (Å²) in [6.07, 6.45) is 11.6. The van der Waals surface area contributed by atoms with Crippen LogP contribution in [-0.4, -0.2) is 37.5 Å². The van der Waals surface area contributed by atoms with E-state index in [0.29, 0.717) is 24.2 Å². The second-order valence-electron chi connectivity index (χ2n) is 10.1. The van der Waals surface area contributed by atoms with Gasteiger partial charge in [0, 0.05) is 24.9 Å². The van der Waals surface area contributed by atoms with E-state index in [4.69, 9.17) is 9.47 Å². The highest BCUT2D eigenvalue weighted by molar-refractivity contribution is 5.54. The van der Waals surface area contributed by atoms with Gasteiger partial charge in [-0.25, -0.2) is 0 Å². The van der Waals surface area contributed by atoms with Crippen molar-refractivity contribution in [3.63, 3.8) is 0 Å². The van der Waals surface area contributed by atoms with Crippen molar-refractivity contribution in [3.05, 3.63) is 23.3 Å². The summed E-state index contributed by atoms with van der Waals surface area (Å²) < 4.78 is 10.9. The highest BCUT2D eigenvalue weighted by Gasteiger charge is 2.59. The van der Waals surface area contributed by atoms with E-state index in [1.807, 2.05) is 0 Å². The maximum Gasteiger partial charge on any atom is 0.146 e. The lowest BCUT2D eigenvalue weighted by atomic mass is 9.49. The van der Waals surface area contributed by atoms with Crippen LogP contribution in [0, 0.1) is 34.5 Å². The Bertz CT molecular complexity index is 682. The third-order valence-electron chi connectivity index (χ3n) is 8.98. The summed E-state index contributed by atoms with van der Waals surface area (Å²) >= 11 is 0. The van der Waals surface area contributed by atoms with Crippen LogP contribution in [0.2, 0.25) is 0 Å². The summed E-state index contributed by atoms with van der Waals surface area (Å²) in [4.78, 5) is 11.5. The number of aliphatic hydroxyl groups is 1. The molecule has 0 aromatic rings. The number of allylic oxidation sites excluding steroid dienone is 3. The van der Waals surface area contributed by atoms with Gasteiger partial charge in [-0.2, -0.15) is 0 Å². The molecule has 4 nitrogen and oxygen atoms in total. The van der Waals surface area contributed by atoms with Gasteiger partial charge in [0.15, 0.2) is 0 Å². The minimum Gasteiger partial charge on any atom is -0.392 e. The zero-order valence-corrected chi connectivity index (χ0v) is 17.8. The second-order valence-corrected chi connectivity index (χ2v) is 10.1. The van der Waals surface area contributed by atoms with Crippen molar-refractivity contribution in [1.82, 2.24) is 0 Å². The number of aliphatic hydroxyl groups excluding tert-OH is 1. The average molecular weight is 389 g/mol. The van der Waals surface area contributed by atoms with Crippen LogP contribution in [0.5, 0.6) is 0 Å². The molecule has 0 aromatic heterocycles. The Morgan fingerprint density at radius 3 is 2.75 bits per heavy atom. The molecule has 28 heavy (non-hydrogen) atoms. The van der Waals surface area contributed by atoms with E-state index >= 15 is 0 Å². The standard InChI is InChI=1S/C24H36O4/c1-15(13-25)19-7-8-20-18-6-5-16-11-17(28-14-27-4)12-22(26)24(16,3)21(18)9-10-23(19,20)2/h5-6,13,15,17,19-22,26H,7-12,14H2,1-4H3/t15?,17-,19-,20+,21+,22+,23-,24+/m1/s1. The fourth-order valence-electron chi connectivity index (χ4n) is 7.32. The maximum atomic E-state index is 11.5. The van der Waals surface area contributed by atoms with Gasteiger partial charge in [-0.1, -0.05) is 44.1 Å². The summed E-state index contributed by atoms with van der Waals surface area (Å²) in [5.74, 6) is 1.58. The molecule has 156 valence electrons. The quantitative estimate of drug-likeness (QED) is 0.564. The molecule has 4 rings (SSSR count). The summed E-state index contributed by atoms with van der Waals surface area (Å²) in [7, 11) is 1.64. The van der Waals surface area contributed by atoms with Gasteiger partial charge >= 0.3 is 0 Å². The first kappa shape index (κ1) is 20.3. The predicted octanol–water partition coefficient (Wildman–Crippen LogP) is 4.28. The number of carbonyl (C=O) groups excluding carboxylic acids is 1. The van der Waals surface area contributed by atoms with E-state index in [2.05, 4.69) is 32.9 Å². The van der Waals surface area contributed by atoms with E-state index in [9.17, 15) is 9.90 Å². The SMILES string of the molecule is COCO[C@@H]1CC2=CC=C3[C@@H]4CC[C@H](C(C)C=O)[C@@]4(C)CC[C@@H]3[C@@]2(C)[C@@H](O)C1. The van der Waals surface area contributed by atoms with Crippen LogP contribution in [0.15, 0.2) is 23.3 Å². The molecule has 0 aliphatic heterocycles.